The average molecular weight is 325 g/mol. The van der Waals surface area contributed by atoms with E-state index in [4.69, 9.17) is 11.6 Å². The summed E-state index contributed by atoms with van der Waals surface area (Å²) in [6, 6.07) is 17.2. The van der Waals surface area contributed by atoms with E-state index >= 15 is 0 Å². The molecule has 0 spiro atoms. The zero-order valence-corrected chi connectivity index (χ0v) is 13.7. The van der Waals surface area contributed by atoms with Crippen LogP contribution >= 0.6 is 11.6 Å². The Balaban J connectivity index is 1.97. The number of hydrogen-bond acceptors (Lipinski definition) is 2. The van der Waals surface area contributed by atoms with Gasteiger partial charge in [0, 0.05) is 39.9 Å². The molecule has 0 amide bonds. The van der Waals surface area contributed by atoms with E-state index in [2.05, 4.69) is 41.6 Å². The third kappa shape index (κ3) is 3.15. The van der Waals surface area contributed by atoms with Crippen LogP contribution in [0.15, 0.2) is 59.6 Å². The summed E-state index contributed by atoms with van der Waals surface area (Å²) in [5.74, 6) is 0.0746. The number of aromatic nitrogens is 1. The molecule has 1 heterocycles. The number of benzene rings is 2. The summed E-state index contributed by atoms with van der Waals surface area (Å²) in [5, 5.41) is 10.4. The van der Waals surface area contributed by atoms with Crippen molar-refractivity contribution < 1.29 is 5.11 Å². The van der Waals surface area contributed by atoms with Crippen LogP contribution in [-0.4, -0.2) is 15.9 Å². The summed E-state index contributed by atoms with van der Waals surface area (Å²) in [4.78, 5) is 4.38. The summed E-state index contributed by atoms with van der Waals surface area (Å²) in [7, 11) is 0. The van der Waals surface area contributed by atoms with E-state index in [-0.39, 0.29) is 5.75 Å². The Morgan fingerprint density at radius 2 is 1.78 bits per heavy atom. The molecule has 0 aliphatic rings. The van der Waals surface area contributed by atoms with Crippen molar-refractivity contribution in [1.82, 2.24) is 4.57 Å². The number of nitrogens with zero attached hydrogens (tertiary/aromatic N) is 2. The van der Waals surface area contributed by atoms with Gasteiger partial charge in [0.2, 0.25) is 0 Å². The molecule has 23 heavy (non-hydrogen) atoms. The van der Waals surface area contributed by atoms with Gasteiger partial charge in [-0.05, 0) is 44.2 Å². The number of hydrogen-bond donors (Lipinski definition) is 1. The molecule has 3 nitrogen and oxygen atoms in total. The summed E-state index contributed by atoms with van der Waals surface area (Å²) in [5.41, 5.74) is 4.87. The number of para-hydroxylation sites is 1. The normalized spacial score (nSPS) is 11.3. The second-order valence-corrected chi connectivity index (χ2v) is 5.83. The molecule has 0 saturated heterocycles. The van der Waals surface area contributed by atoms with Gasteiger partial charge in [0.15, 0.2) is 0 Å². The maximum Gasteiger partial charge on any atom is 0.142 e. The third-order valence-electron chi connectivity index (χ3n) is 3.76. The van der Waals surface area contributed by atoms with Gasteiger partial charge in [-0.3, -0.25) is 4.99 Å². The first kappa shape index (κ1) is 15.4. The minimum Gasteiger partial charge on any atom is -0.506 e. The van der Waals surface area contributed by atoms with Gasteiger partial charge in [-0.1, -0.05) is 29.8 Å². The number of rotatable bonds is 3. The van der Waals surface area contributed by atoms with Crippen LogP contribution < -0.4 is 0 Å². The molecule has 1 N–H and O–H groups in total. The zero-order chi connectivity index (χ0) is 16.4. The Kier molecular flexibility index (Phi) is 4.22. The maximum absolute atomic E-state index is 9.87. The predicted octanol–water partition coefficient (Wildman–Crippen LogP) is 5.20. The van der Waals surface area contributed by atoms with Crippen molar-refractivity contribution in [2.75, 3.05) is 0 Å². The van der Waals surface area contributed by atoms with Crippen molar-refractivity contribution in [2.24, 2.45) is 4.99 Å². The average Bonchev–Trinajstić information content (AvgIpc) is 2.81. The van der Waals surface area contributed by atoms with Crippen LogP contribution in [-0.2, 0) is 0 Å². The van der Waals surface area contributed by atoms with Gasteiger partial charge in [-0.2, -0.15) is 0 Å². The lowest BCUT2D eigenvalue weighted by atomic mass is 10.2. The summed E-state index contributed by atoms with van der Waals surface area (Å²) < 4.78 is 2.18. The monoisotopic (exact) mass is 324 g/mol. The molecule has 116 valence electrons. The Morgan fingerprint density at radius 1 is 1.04 bits per heavy atom. The quantitative estimate of drug-likeness (QED) is 0.660. The van der Waals surface area contributed by atoms with E-state index in [0.717, 1.165) is 22.6 Å². The molecule has 0 atom stereocenters. The minimum absolute atomic E-state index is 0.0746. The highest BCUT2D eigenvalue weighted by Gasteiger charge is 2.09. The SMILES string of the molecule is Cc1cc(C=Nc2ccc(Cl)cc2O)c(C)n1-c1ccccc1. The van der Waals surface area contributed by atoms with Crippen LogP contribution in [0.2, 0.25) is 5.02 Å². The van der Waals surface area contributed by atoms with Gasteiger partial charge in [-0.15, -0.1) is 0 Å². The molecule has 0 radical (unpaired) electrons. The second-order valence-electron chi connectivity index (χ2n) is 5.39. The van der Waals surface area contributed by atoms with Gasteiger partial charge in [-0.25, -0.2) is 0 Å². The lowest BCUT2D eigenvalue weighted by Gasteiger charge is -2.09. The largest absolute Gasteiger partial charge is 0.506 e. The van der Waals surface area contributed by atoms with Gasteiger partial charge in [0.25, 0.3) is 0 Å². The van der Waals surface area contributed by atoms with E-state index in [1.807, 2.05) is 18.2 Å². The predicted molar refractivity (Wildman–Crippen MR) is 95.6 cm³/mol. The van der Waals surface area contributed by atoms with E-state index < -0.39 is 0 Å². The molecule has 1 aromatic heterocycles. The third-order valence-corrected chi connectivity index (χ3v) is 4.00. The fraction of sp³-hybridized carbons (Fsp3) is 0.105. The number of aliphatic imine (C=N–C) groups is 1. The number of phenols is 1. The van der Waals surface area contributed by atoms with E-state index in [1.54, 1.807) is 18.3 Å². The molecule has 3 aromatic rings. The standard InChI is InChI=1S/C19H17ClN2O/c1-13-10-15(12-21-18-9-8-16(20)11-19(18)23)14(2)22(13)17-6-4-3-5-7-17/h3-12,23H,1-2H3. The molecule has 0 bridgehead atoms. The molecule has 0 fully saturated rings. The summed E-state index contributed by atoms with van der Waals surface area (Å²) in [6.45, 7) is 4.13. The fourth-order valence-corrected chi connectivity index (χ4v) is 2.80. The van der Waals surface area contributed by atoms with Crippen LogP contribution in [0.3, 0.4) is 0 Å². The molecule has 0 saturated carbocycles. The highest BCUT2D eigenvalue weighted by Crippen LogP contribution is 2.29. The highest BCUT2D eigenvalue weighted by molar-refractivity contribution is 6.30. The lowest BCUT2D eigenvalue weighted by molar-refractivity contribution is 0.477. The molecule has 4 heteroatoms. The second kappa shape index (κ2) is 6.31. The van der Waals surface area contributed by atoms with Crippen molar-refractivity contribution >= 4 is 23.5 Å². The van der Waals surface area contributed by atoms with E-state index in [9.17, 15) is 5.11 Å². The van der Waals surface area contributed by atoms with Crippen molar-refractivity contribution in [3.05, 3.63) is 76.6 Å². The van der Waals surface area contributed by atoms with Crippen molar-refractivity contribution in [3.8, 4) is 11.4 Å². The summed E-state index contributed by atoms with van der Waals surface area (Å²) >= 11 is 5.84. The molecular weight excluding hydrogens is 308 g/mol. The van der Waals surface area contributed by atoms with E-state index in [1.165, 1.54) is 6.07 Å². The van der Waals surface area contributed by atoms with Crippen LogP contribution in [0.25, 0.3) is 5.69 Å². The lowest BCUT2D eigenvalue weighted by Crippen LogP contribution is -1.98. The van der Waals surface area contributed by atoms with Crippen LogP contribution in [0.5, 0.6) is 5.75 Å². The topological polar surface area (TPSA) is 37.5 Å². The van der Waals surface area contributed by atoms with Gasteiger partial charge in [0.1, 0.15) is 11.4 Å². The number of phenolic OH excluding ortho intramolecular Hbond substituents is 1. The van der Waals surface area contributed by atoms with E-state index in [0.29, 0.717) is 10.7 Å². The molecule has 0 aliphatic carbocycles. The van der Waals surface area contributed by atoms with Crippen molar-refractivity contribution in [1.29, 1.82) is 0 Å². The summed E-state index contributed by atoms with van der Waals surface area (Å²) in [6.07, 6.45) is 1.77. The smallest absolute Gasteiger partial charge is 0.142 e. The zero-order valence-electron chi connectivity index (χ0n) is 13.0. The van der Waals surface area contributed by atoms with Crippen LogP contribution in [0.4, 0.5) is 5.69 Å². The molecule has 3 rings (SSSR count). The number of aryl methyl sites for hydroxylation is 1. The molecular formula is C19H17ClN2O. The van der Waals surface area contributed by atoms with Crippen LogP contribution in [0.1, 0.15) is 17.0 Å². The van der Waals surface area contributed by atoms with Crippen molar-refractivity contribution in [3.63, 3.8) is 0 Å². The first-order valence-electron chi connectivity index (χ1n) is 7.33. The Bertz CT molecular complexity index is 867. The Hall–Kier alpha value is -2.52. The molecule has 0 unspecified atom stereocenters. The van der Waals surface area contributed by atoms with Crippen molar-refractivity contribution in [2.45, 2.75) is 13.8 Å². The Morgan fingerprint density at radius 3 is 2.48 bits per heavy atom. The molecule has 2 aromatic carbocycles. The first-order valence-corrected chi connectivity index (χ1v) is 7.71. The highest BCUT2D eigenvalue weighted by atomic mass is 35.5. The van der Waals surface area contributed by atoms with Crippen LogP contribution in [0, 0.1) is 13.8 Å². The minimum atomic E-state index is 0.0746. The molecule has 0 aliphatic heterocycles. The van der Waals surface area contributed by atoms with Gasteiger partial charge >= 0.3 is 0 Å². The number of aromatic hydroxyl groups is 1. The number of halogens is 1. The fourth-order valence-electron chi connectivity index (χ4n) is 2.64. The van der Waals surface area contributed by atoms with Gasteiger partial charge < -0.3 is 9.67 Å². The Labute approximate surface area is 140 Å². The maximum atomic E-state index is 9.87. The first-order chi connectivity index (χ1) is 11.1. The van der Waals surface area contributed by atoms with Gasteiger partial charge in [0.05, 0.1) is 0 Å².